The van der Waals surface area contributed by atoms with Crippen LogP contribution in [0.15, 0.2) is 36.4 Å². The number of benzene rings is 2. The average Bonchev–Trinajstić information content (AvgIpc) is 2.59. The molecular formula is C31H48. The third-order valence-electron chi connectivity index (χ3n) is 6.47. The van der Waals surface area contributed by atoms with Gasteiger partial charge in [-0.3, -0.25) is 0 Å². The topological polar surface area (TPSA) is 0 Å². The zero-order valence-electron chi connectivity index (χ0n) is 22.7. The molecular weight excluding hydrogens is 372 g/mol. The normalized spacial score (nSPS) is 14.6. The number of hydrogen-bond acceptors (Lipinski definition) is 0. The van der Waals surface area contributed by atoms with Crippen molar-refractivity contribution in [2.45, 2.75) is 124 Å². The minimum absolute atomic E-state index is 0.0727. The van der Waals surface area contributed by atoms with E-state index < -0.39 is 0 Å². The van der Waals surface area contributed by atoms with Gasteiger partial charge in [-0.05, 0) is 61.5 Å². The molecule has 0 aromatic heterocycles. The molecule has 0 aliphatic carbocycles. The van der Waals surface area contributed by atoms with Crippen LogP contribution in [0.5, 0.6) is 0 Å². The molecule has 2 aromatic rings. The Labute approximate surface area is 193 Å². The first-order valence-electron chi connectivity index (χ1n) is 12.2. The molecule has 1 unspecified atom stereocenters. The lowest BCUT2D eigenvalue weighted by molar-refractivity contribution is 0.490. The van der Waals surface area contributed by atoms with Gasteiger partial charge in [0.1, 0.15) is 0 Å². The van der Waals surface area contributed by atoms with Gasteiger partial charge in [0, 0.05) is 5.92 Å². The Morgan fingerprint density at radius 3 is 1.42 bits per heavy atom. The second-order valence-electron chi connectivity index (χ2n) is 13.5. The highest BCUT2D eigenvalue weighted by molar-refractivity contribution is 5.54. The molecule has 0 bridgehead atoms. The highest BCUT2D eigenvalue weighted by Crippen LogP contribution is 2.46. The van der Waals surface area contributed by atoms with E-state index in [1.807, 2.05) is 0 Å². The van der Waals surface area contributed by atoms with Gasteiger partial charge in [0.25, 0.3) is 0 Å². The summed E-state index contributed by atoms with van der Waals surface area (Å²) in [6.45, 7) is 30.8. The minimum atomic E-state index is 0.0727. The van der Waals surface area contributed by atoms with Gasteiger partial charge in [-0.2, -0.15) is 0 Å². The van der Waals surface area contributed by atoms with Crippen molar-refractivity contribution in [2.24, 2.45) is 0 Å². The molecule has 0 amide bonds. The molecule has 0 heterocycles. The molecule has 172 valence electrons. The van der Waals surface area contributed by atoms with Crippen molar-refractivity contribution in [3.05, 3.63) is 69.8 Å². The molecule has 0 heteroatoms. The third kappa shape index (κ3) is 5.44. The summed E-state index contributed by atoms with van der Waals surface area (Å²) in [5.41, 5.74) is 9.49. The predicted octanol–water partition coefficient (Wildman–Crippen LogP) is 9.42. The van der Waals surface area contributed by atoms with Crippen molar-refractivity contribution in [3.8, 4) is 0 Å². The predicted molar refractivity (Wildman–Crippen MR) is 140 cm³/mol. The highest BCUT2D eigenvalue weighted by atomic mass is 14.4. The van der Waals surface area contributed by atoms with Crippen LogP contribution in [-0.4, -0.2) is 0 Å². The van der Waals surface area contributed by atoms with Crippen molar-refractivity contribution >= 4 is 0 Å². The molecule has 2 rings (SSSR count). The van der Waals surface area contributed by atoms with E-state index in [4.69, 9.17) is 0 Å². The van der Waals surface area contributed by atoms with E-state index in [0.717, 1.165) is 6.42 Å². The lowest BCUT2D eigenvalue weighted by atomic mass is 9.65. The van der Waals surface area contributed by atoms with Crippen molar-refractivity contribution in [1.82, 2.24) is 0 Å². The van der Waals surface area contributed by atoms with Crippen LogP contribution in [0.2, 0.25) is 0 Å². The Kier molecular flexibility index (Phi) is 6.98. The van der Waals surface area contributed by atoms with Gasteiger partial charge in [0.05, 0.1) is 0 Å². The van der Waals surface area contributed by atoms with E-state index in [1.165, 1.54) is 22.3 Å². The SMILES string of the molecule is CCC(c1ccccc1C(C)(C)C)c1ccc(C(C)(C)C)c(C(C)(C)C)c1C(C)(C)C. The van der Waals surface area contributed by atoms with Crippen LogP contribution in [0.4, 0.5) is 0 Å². The average molecular weight is 421 g/mol. The Morgan fingerprint density at radius 2 is 1.00 bits per heavy atom. The molecule has 0 fully saturated rings. The van der Waals surface area contributed by atoms with Crippen molar-refractivity contribution in [2.75, 3.05) is 0 Å². The van der Waals surface area contributed by atoms with Crippen molar-refractivity contribution < 1.29 is 0 Å². The summed E-state index contributed by atoms with van der Waals surface area (Å²) < 4.78 is 0. The van der Waals surface area contributed by atoms with E-state index in [9.17, 15) is 0 Å². The Morgan fingerprint density at radius 1 is 0.516 bits per heavy atom. The van der Waals surface area contributed by atoms with E-state index in [2.05, 4.69) is 126 Å². The summed E-state index contributed by atoms with van der Waals surface area (Å²) >= 11 is 0. The number of rotatable bonds is 3. The summed E-state index contributed by atoms with van der Waals surface area (Å²) in [7, 11) is 0. The van der Waals surface area contributed by atoms with E-state index in [-0.39, 0.29) is 21.7 Å². The monoisotopic (exact) mass is 420 g/mol. The van der Waals surface area contributed by atoms with Crippen molar-refractivity contribution in [3.63, 3.8) is 0 Å². The quantitative estimate of drug-likeness (QED) is 0.464. The molecule has 0 saturated carbocycles. The molecule has 1 atom stereocenters. The first-order chi connectivity index (χ1) is 13.9. The molecule has 0 aliphatic rings. The summed E-state index contributed by atoms with van der Waals surface area (Å²) in [4.78, 5) is 0. The molecule has 0 spiro atoms. The van der Waals surface area contributed by atoms with Gasteiger partial charge in [-0.15, -0.1) is 0 Å². The molecule has 31 heavy (non-hydrogen) atoms. The summed E-state index contributed by atoms with van der Waals surface area (Å²) in [6.07, 6.45) is 1.11. The second kappa shape index (κ2) is 8.42. The van der Waals surface area contributed by atoms with E-state index in [1.54, 1.807) is 11.1 Å². The molecule has 0 aliphatic heterocycles. The zero-order valence-corrected chi connectivity index (χ0v) is 22.7. The summed E-state index contributed by atoms with van der Waals surface area (Å²) in [5.74, 6) is 0.403. The Bertz CT molecular complexity index is 899. The smallest absolute Gasteiger partial charge is 0.00927 e. The van der Waals surface area contributed by atoms with Crippen LogP contribution in [0.3, 0.4) is 0 Å². The first-order valence-corrected chi connectivity index (χ1v) is 12.2. The lowest BCUT2D eigenvalue weighted by Crippen LogP contribution is -2.30. The van der Waals surface area contributed by atoms with Gasteiger partial charge in [0.2, 0.25) is 0 Å². The maximum atomic E-state index is 2.46. The van der Waals surface area contributed by atoms with Gasteiger partial charge in [-0.25, -0.2) is 0 Å². The fourth-order valence-electron chi connectivity index (χ4n) is 5.21. The zero-order chi connectivity index (χ0) is 24.0. The molecule has 0 nitrogen and oxygen atoms in total. The first kappa shape index (κ1) is 25.7. The van der Waals surface area contributed by atoms with E-state index in [0.29, 0.717) is 5.92 Å². The third-order valence-corrected chi connectivity index (χ3v) is 6.47. The van der Waals surface area contributed by atoms with Crippen LogP contribution in [0.1, 0.15) is 136 Å². The summed E-state index contributed by atoms with van der Waals surface area (Å²) in [5, 5.41) is 0. The molecule has 2 aromatic carbocycles. The maximum Gasteiger partial charge on any atom is 0.00927 e. The van der Waals surface area contributed by atoms with Gasteiger partial charge in [0.15, 0.2) is 0 Å². The Hall–Kier alpha value is -1.56. The van der Waals surface area contributed by atoms with Gasteiger partial charge < -0.3 is 0 Å². The Balaban J connectivity index is 2.99. The fourth-order valence-corrected chi connectivity index (χ4v) is 5.21. The van der Waals surface area contributed by atoms with E-state index >= 15 is 0 Å². The van der Waals surface area contributed by atoms with Crippen molar-refractivity contribution in [1.29, 1.82) is 0 Å². The summed E-state index contributed by atoms with van der Waals surface area (Å²) in [6, 6.07) is 14.0. The van der Waals surface area contributed by atoms with Gasteiger partial charge in [-0.1, -0.05) is 126 Å². The molecule has 0 N–H and O–H groups in total. The lowest BCUT2D eigenvalue weighted by Gasteiger charge is -2.40. The maximum absolute atomic E-state index is 2.46. The largest absolute Gasteiger partial charge is 0.0645 e. The van der Waals surface area contributed by atoms with Crippen LogP contribution in [-0.2, 0) is 21.7 Å². The molecule has 0 saturated heterocycles. The highest BCUT2D eigenvalue weighted by Gasteiger charge is 2.35. The minimum Gasteiger partial charge on any atom is -0.0645 e. The van der Waals surface area contributed by atoms with Crippen LogP contribution in [0, 0.1) is 0 Å². The van der Waals surface area contributed by atoms with Crippen LogP contribution < -0.4 is 0 Å². The fraction of sp³-hybridized carbons (Fsp3) is 0.613. The number of hydrogen-bond donors (Lipinski definition) is 0. The van der Waals surface area contributed by atoms with Crippen LogP contribution >= 0.6 is 0 Å². The standard InChI is InChI=1S/C31H48/c1-14-21(22-17-15-16-18-24(22)28(2,3)4)23-19-20-25(29(5,6)7)27(31(11,12)13)26(23)30(8,9)10/h15-21H,14H2,1-13H3. The van der Waals surface area contributed by atoms with Gasteiger partial charge >= 0.3 is 0 Å². The second-order valence-corrected chi connectivity index (χ2v) is 13.5. The van der Waals surface area contributed by atoms with Crippen LogP contribution in [0.25, 0.3) is 0 Å². The molecule has 0 radical (unpaired) electrons.